The zero-order chi connectivity index (χ0) is 14.7. The largest absolute Gasteiger partial charge is 0.384 e. The number of hydrogen-bond acceptors (Lipinski definition) is 2. The second-order valence-corrected chi connectivity index (χ2v) is 6.16. The molecule has 1 aromatic carbocycles. The summed E-state index contributed by atoms with van der Waals surface area (Å²) in [6.45, 7) is 3.02. The Labute approximate surface area is 126 Å². The van der Waals surface area contributed by atoms with Gasteiger partial charge in [0.2, 0.25) is 0 Å². The summed E-state index contributed by atoms with van der Waals surface area (Å²) < 4.78 is 1.98. The van der Waals surface area contributed by atoms with Gasteiger partial charge >= 0.3 is 0 Å². The topological polar surface area (TPSA) is 38.0 Å². The molecule has 0 saturated heterocycles. The van der Waals surface area contributed by atoms with E-state index in [1.54, 1.807) is 0 Å². The number of hydrogen-bond donors (Lipinski definition) is 1. The van der Waals surface area contributed by atoms with E-state index < -0.39 is 5.60 Å². The van der Waals surface area contributed by atoms with Crippen LogP contribution in [0.5, 0.6) is 0 Å². The van der Waals surface area contributed by atoms with Crippen molar-refractivity contribution in [1.82, 2.24) is 9.78 Å². The van der Waals surface area contributed by atoms with E-state index in [1.165, 1.54) is 5.56 Å². The SMILES string of the molecule is CCCn1nccc1C1(O)CCC(c2ccccc2)CC1. The number of aromatic nitrogens is 2. The molecule has 0 unspecified atom stereocenters. The molecule has 1 heterocycles. The van der Waals surface area contributed by atoms with Gasteiger partial charge in [0.05, 0.1) is 5.69 Å². The Bertz CT molecular complexity index is 568. The second kappa shape index (κ2) is 6.02. The minimum absolute atomic E-state index is 0.578. The Kier molecular flexibility index (Phi) is 4.11. The molecule has 0 amide bonds. The van der Waals surface area contributed by atoms with Crippen molar-refractivity contribution in [2.45, 2.75) is 57.1 Å². The molecule has 1 saturated carbocycles. The molecular weight excluding hydrogens is 260 g/mol. The Hall–Kier alpha value is -1.61. The van der Waals surface area contributed by atoms with Crippen LogP contribution in [0.25, 0.3) is 0 Å². The summed E-state index contributed by atoms with van der Waals surface area (Å²) in [7, 11) is 0. The van der Waals surface area contributed by atoms with Crippen LogP contribution in [-0.2, 0) is 12.1 Å². The van der Waals surface area contributed by atoms with Crippen LogP contribution < -0.4 is 0 Å². The Morgan fingerprint density at radius 2 is 1.90 bits per heavy atom. The Balaban J connectivity index is 1.73. The van der Waals surface area contributed by atoms with Gasteiger partial charge in [-0.25, -0.2) is 0 Å². The van der Waals surface area contributed by atoms with E-state index in [9.17, 15) is 5.11 Å². The number of aryl methyl sites for hydroxylation is 1. The third kappa shape index (κ3) is 2.88. The molecule has 1 aromatic heterocycles. The van der Waals surface area contributed by atoms with Gasteiger partial charge in [-0.05, 0) is 49.7 Å². The van der Waals surface area contributed by atoms with Crippen molar-refractivity contribution in [3.8, 4) is 0 Å². The van der Waals surface area contributed by atoms with E-state index in [-0.39, 0.29) is 0 Å². The smallest absolute Gasteiger partial charge is 0.106 e. The summed E-state index contributed by atoms with van der Waals surface area (Å²) >= 11 is 0. The molecular formula is C18H24N2O. The minimum Gasteiger partial charge on any atom is -0.384 e. The van der Waals surface area contributed by atoms with Crippen LogP contribution in [-0.4, -0.2) is 14.9 Å². The van der Waals surface area contributed by atoms with Gasteiger partial charge in [0, 0.05) is 12.7 Å². The van der Waals surface area contributed by atoms with Crippen LogP contribution in [0.2, 0.25) is 0 Å². The summed E-state index contributed by atoms with van der Waals surface area (Å²) in [6, 6.07) is 12.7. The molecule has 0 radical (unpaired) electrons. The maximum absolute atomic E-state index is 11.0. The first-order valence-electron chi connectivity index (χ1n) is 8.02. The third-order valence-electron chi connectivity index (χ3n) is 4.71. The lowest BCUT2D eigenvalue weighted by Gasteiger charge is -2.36. The first-order valence-corrected chi connectivity index (χ1v) is 8.02. The van der Waals surface area contributed by atoms with Crippen LogP contribution in [0.4, 0.5) is 0 Å². The van der Waals surface area contributed by atoms with Crippen LogP contribution in [0.15, 0.2) is 42.6 Å². The van der Waals surface area contributed by atoms with E-state index >= 15 is 0 Å². The Morgan fingerprint density at radius 1 is 1.19 bits per heavy atom. The van der Waals surface area contributed by atoms with Crippen molar-refractivity contribution < 1.29 is 5.11 Å². The van der Waals surface area contributed by atoms with Crippen molar-refractivity contribution in [2.24, 2.45) is 0 Å². The molecule has 0 bridgehead atoms. The fraction of sp³-hybridized carbons (Fsp3) is 0.500. The molecule has 0 spiro atoms. The van der Waals surface area contributed by atoms with Crippen molar-refractivity contribution in [2.75, 3.05) is 0 Å². The Morgan fingerprint density at radius 3 is 2.57 bits per heavy atom. The highest BCUT2D eigenvalue weighted by Gasteiger charge is 2.37. The standard InChI is InChI=1S/C18H24N2O/c1-2-14-20-17(10-13-19-20)18(21)11-8-16(9-12-18)15-6-4-3-5-7-15/h3-7,10,13,16,21H,2,8-9,11-12,14H2,1H3. The lowest BCUT2D eigenvalue weighted by molar-refractivity contribution is -0.0136. The summed E-state index contributed by atoms with van der Waals surface area (Å²) in [5, 5.41) is 15.4. The molecule has 3 heteroatoms. The average molecular weight is 284 g/mol. The van der Waals surface area contributed by atoms with E-state index in [4.69, 9.17) is 0 Å². The molecule has 3 nitrogen and oxygen atoms in total. The van der Waals surface area contributed by atoms with Crippen LogP contribution in [0, 0.1) is 0 Å². The molecule has 1 aliphatic rings. The molecule has 1 aliphatic carbocycles. The maximum atomic E-state index is 11.0. The first-order chi connectivity index (χ1) is 10.2. The van der Waals surface area contributed by atoms with E-state index in [0.29, 0.717) is 5.92 Å². The fourth-order valence-corrected chi connectivity index (χ4v) is 3.53. The zero-order valence-corrected chi connectivity index (χ0v) is 12.7. The van der Waals surface area contributed by atoms with Crippen LogP contribution in [0.1, 0.15) is 56.2 Å². The van der Waals surface area contributed by atoms with E-state index in [0.717, 1.165) is 44.3 Å². The van der Waals surface area contributed by atoms with Crippen LogP contribution in [0.3, 0.4) is 0 Å². The number of aliphatic hydroxyl groups is 1. The van der Waals surface area contributed by atoms with E-state index in [2.05, 4.69) is 42.4 Å². The normalized spacial score (nSPS) is 25.9. The summed E-state index contributed by atoms with van der Waals surface area (Å²) in [4.78, 5) is 0. The fourth-order valence-electron chi connectivity index (χ4n) is 3.53. The number of rotatable bonds is 4. The maximum Gasteiger partial charge on any atom is 0.106 e. The summed E-state index contributed by atoms with van der Waals surface area (Å²) in [5.41, 5.74) is 1.70. The zero-order valence-electron chi connectivity index (χ0n) is 12.7. The quantitative estimate of drug-likeness (QED) is 0.926. The predicted molar refractivity (Wildman–Crippen MR) is 84.1 cm³/mol. The molecule has 0 aliphatic heterocycles. The highest BCUT2D eigenvalue weighted by molar-refractivity contribution is 5.22. The number of nitrogens with zero attached hydrogens (tertiary/aromatic N) is 2. The lowest BCUT2D eigenvalue weighted by atomic mass is 9.74. The van der Waals surface area contributed by atoms with Crippen molar-refractivity contribution >= 4 is 0 Å². The van der Waals surface area contributed by atoms with Crippen molar-refractivity contribution in [3.05, 3.63) is 53.9 Å². The lowest BCUT2D eigenvalue weighted by Crippen LogP contribution is -2.33. The highest BCUT2D eigenvalue weighted by Crippen LogP contribution is 2.43. The molecule has 0 atom stereocenters. The molecule has 21 heavy (non-hydrogen) atoms. The predicted octanol–water partition coefficient (Wildman–Crippen LogP) is 3.84. The van der Waals surface area contributed by atoms with Gasteiger partial charge in [-0.1, -0.05) is 37.3 Å². The molecule has 2 aromatic rings. The van der Waals surface area contributed by atoms with Gasteiger partial charge < -0.3 is 5.11 Å². The van der Waals surface area contributed by atoms with Gasteiger partial charge in [0.25, 0.3) is 0 Å². The van der Waals surface area contributed by atoms with Gasteiger partial charge in [0.1, 0.15) is 5.60 Å². The van der Waals surface area contributed by atoms with Gasteiger partial charge in [0.15, 0.2) is 0 Å². The van der Waals surface area contributed by atoms with Gasteiger partial charge in [-0.15, -0.1) is 0 Å². The second-order valence-electron chi connectivity index (χ2n) is 6.16. The molecule has 1 N–H and O–H groups in total. The van der Waals surface area contributed by atoms with E-state index in [1.807, 2.05) is 16.9 Å². The molecule has 112 valence electrons. The monoisotopic (exact) mass is 284 g/mol. The van der Waals surface area contributed by atoms with Crippen molar-refractivity contribution in [3.63, 3.8) is 0 Å². The van der Waals surface area contributed by atoms with Gasteiger partial charge in [-0.3, -0.25) is 4.68 Å². The van der Waals surface area contributed by atoms with Gasteiger partial charge in [-0.2, -0.15) is 5.10 Å². The first kappa shape index (κ1) is 14.3. The van der Waals surface area contributed by atoms with Crippen molar-refractivity contribution in [1.29, 1.82) is 0 Å². The molecule has 3 rings (SSSR count). The average Bonchev–Trinajstić information content (AvgIpc) is 2.98. The summed E-state index contributed by atoms with van der Waals surface area (Å²) in [5.74, 6) is 0.578. The highest BCUT2D eigenvalue weighted by atomic mass is 16.3. The summed E-state index contributed by atoms with van der Waals surface area (Å²) in [6.07, 6.45) is 6.57. The van der Waals surface area contributed by atoms with Crippen LogP contribution >= 0.6 is 0 Å². The molecule has 1 fully saturated rings. The third-order valence-corrected chi connectivity index (χ3v) is 4.71. The number of benzene rings is 1. The minimum atomic E-state index is -0.697.